The van der Waals surface area contributed by atoms with E-state index in [9.17, 15) is 4.79 Å². The van der Waals surface area contributed by atoms with Gasteiger partial charge in [-0.25, -0.2) is 0 Å². The number of benzene rings is 1. The molecule has 2 rings (SSSR count). The van der Waals surface area contributed by atoms with E-state index in [1.807, 2.05) is 11.0 Å². The minimum atomic E-state index is 0.0202. The summed E-state index contributed by atoms with van der Waals surface area (Å²) in [4.78, 5) is 14.0. The lowest BCUT2D eigenvalue weighted by Gasteiger charge is -2.30. The maximum atomic E-state index is 12.2. The molecule has 1 aliphatic heterocycles. The molecule has 1 heterocycles. The highest BCUT2D eigenvalue weighted by molar-refractivity contribution is 5.78. The van der Waals surface area contributed by atoms with Crippen molar-refractivity contribution in [3.05, 3.63) is 18.2 Å². The van der Waals surface area contributed by atoms with E-state index in [1.54, 1.807) is 26.4 Å². The minimum Gasteiger partial charge on any atom is -0.493 e. The van der Waals surface area contributed by atoms with E-state index in [4.69, 9.17) is 14.2 Å². The van der Waals surface area contributed by atoms with Gasteiger partial charge in [-0.15, -0.1) is 0 Å². The summed E-state index contributed by atoms with van der Waals surface area (Å²) in [5.41, 5.74) is 0. The molecule has 1 aromatic rings. The van der Waals surface area contributed by atoms with E-state index in [-0.39, 0.29) is 12.5 Å². The van der Waals surface area contributed by atoms with Crippen molar-refractivity contribution in [2.24, 2.45) is 5.92 Å². The third-order valence-corrected chi connectivity index (χ3v) is 3.85. The van der Waals surface area contributed by atoms with Crippen molar-refractivity contribution in [2.45, 2.75) is 19.8 Å². The van der Waals surface area contributed by atoms with Crippen LogP contribution in [0.1, 0.15) is 19.8 Å². The zero-order valence-electron chi connectivity index (χ0n) is 12.9. The summed E-state index contributed by atoms with van der Waals surface area (Å²) in [7, 11) is 3.13. The molecule has 0 bridgehead atoms. The molecule has 0 unspecified atom stereocenters. The molecule has 0 N–H and O–H groups in total. The molecule has 5 nitrogen and oxygen atoms in total. The van der Waals surface area contributed by atoms with Crippen molar-refractivity contribution in [1.82, 2.24) is 4.90 Å². The van der Waals surface area contributed by atoms with Crippen LogP contribution in [0.3, 0.4) is 0 Å². The van der Waals surface area contributed by atoms with Gasteiger partial charge in [0.05, 0.1) is 14.2 Å². The first-order valence-corrected chi connectivity index (χ1v) is 7.27. The highest BCUT2D eigenvalue weighted by Crippen LogP contribution is 2.36. The van der Waals surface area contributed by atoms with Crippen LogP contribution in [0.15, 0.2) is 18.2 Å². The lowest BCUT2D eigenvalue weighted by molar-refractivity contribution is -0.134. The van der Waals surface area contributed by atoms with Gasteiger partial charge in [-0.2, -0.15) is 0 Å². The van der Waals surface area contributed by atoms with Gasteiger partial charge < -0.3 is 19.1 Å². The number of carbonyl (C=O) groups excluding carboxylic acids is 1. The van der Waals surface area contributed by atoms with E-state index in [0.29, 0.717) is 23.2 Å². The van der Waals surface area contributed by atoms with Crippen LogP contribution in [0.25, 0.3) is 0 Å². The SMILES string of the molecule is COc1cccc(OCC(=O)N2CCC(C)CC2)c1OC. The summed E-state index contributed by atoms with van der Waals surface area (Å²) in [6.07, 6.45) is 2.13. The van der Waals surface area contributed by atoms with Gasteiger partial charge in [0.1, 0.15) is 0 Å². The van der Waals surface area contributed by atoms with E-state index in [1.165, 1.54) is 0 Å². The smallest absolute Gasteiger partial charge is 0.260 e. The fraction of sp³-hybridized carbons (Fsp3) is 0.562. The molecule has 0 aliphatic carbocycles. The molecule has 21 heavy (non-hydrogen) atoms. The standard InChI is InChI=1S/C16H23NO4/c1-12-7-9-17(10-8-12)15(18)11-21-14-6-4-5-13(19-2)16(14)20-3/h4-6,12H,7-11H2,1-3H3. The molecule has 1 aliphatic rings. The van der Waals surface area contributed by atoms with Crippen LogP contribution < -0.4 is 14.2 Å². The number of rotatable bonds is 5. The second kappa shape index (κ2) is 7.20. The van der Waals surface area contributed by atoms with E-state index in [2.05, 4.69) is 6.92 Å². The van der Waals surface area contributed by atoms with Crippen molar-refractivity contribution in [3.63, 3.8) is 0 Å². The number of hydrogen-bond donors (Lipinski definition) is 0. The van der Waals surface area contributed by atoms with Crippen LogP contribution in [0.5, 0.6) is 17.2 Å². The molecule has 1 amide bonds. The van der Waals surface area contributed by atoms with Crippen molar-refractivity contribution in [1.29, 1.82) is 0 Å². The zero-order chi connectivity index (χ0) is 15.2. The first-order valence-electron chi connectivity index (χ1n) is 7.27. The summed E-state index contributed by atoms with van der Waals surface area (Å²) >= 11 is 0. The molecule has 1 fully saturated rings. The van der Waals surface area contributed by atoms with E-state index < -0.39 is 0 Å². The number of methoxy groups -OCH3 is 2. The van der Waals surface area contributed by atoms with Crippen LogP contribution in [0.4, 0.5) is 0 Å². The fourth-order valence-electron chi connectivity index (χ4n) is 2.46. The highest BCUT2D eigenvalue weighted by atomic mass is 16.5. The van der Waals surface area contributed by atoms with Crippen molar-refractivity contribution >= 4 is 5.91 Å². The van der Waals surface area contributed by atoms with Crippen LogP contribution in [0.2, 0.25) is 0 Å². The van der Waals surface area contributed by atoms with Crippen LogP contribution in [-0.4, -0.2) is 44.7 Å². The Labute approximate surface area is 125 Å². The molecular weight excluding hydrogens is 270 g/mol. The maximum Gasteiger partial charge on any atom is 0.260 e. The van der Waals surface area contributed by atoms with Gasteiger partial charge in [0.2, 0.25) is 5.75 Å². The molecule has 0 aromatic heterocycles. The number of piperidine rings is 1. The van der Waals surface area contributed by atoms with Crippen molar-refractivity contribution in [3.8, 4) is 17.2 Å². The predicted molar refractivity (Wildman–Crippen MR) is 80.0 cm³/mol. The molecule has 0 atom stereocenters. The summed E-state index contributed by atoms with van der Waals surface area (Å²) in [5.74, 6) is 2.35. The Bertz CT molecular complexity index is 481. The van der Waals surface area contributed by atoms with Gasteiger partial charge in [0, 0.05) is 13.1 Å². The monoisotopic (exact) mass is 293 g/mol. The van der Waals surface area contributed by atoms with E-state index >= 15 is 0 Å². The molecule has 0 spiro atoms. The number of ether oxygens (including phenoxy) is 3. The Morgan fingerprint density at radius 3 is 2.48 bits per heavy atom. The second-order valence-electron chi connectivity index (χ2n) is 5.34. The van der Waals surface area contributed by atoms with Crippen LogP contribution in [0, 0.1) is 5.92 Å². The average molecular weight is 293 g/mol. The van der Waals surface area contributed by atoms with E-state index in [0.717, 1.165) is 25.9 Å². The molecule has 116 valence electrons. The van der Waals surface area contributed by atoms with Gasteiger partial charge in [-0.05, 0) is 30.9 Å². The Balaban J connectivity index is 1.95. The summed E-state index contributed by atoms with van der Waals surface area (Å²) in [6.45, 7) is 3.88. The van der Waals surface area contributed by atoms with Gasteiger partial charge in [0.15, 0.2) is 18.1 Å². The maximum absolute atomic E-state index is 12.2. The topological polar surface area (TPSA) is 48.0 Å². The highest BCUT2D eigenvalue weighted by Gasteiger charge is 2.21. The van der Waals surface area contributed by atoms with Gasteiger partial charge in [-0.1, -0.05) is 13.0 Å². The second-order valence-corrected chi connectivity index (χ2v) is 5.34. The first-order chi connectivity index (χ1) is 10.2. The lowest BCUT2D eigenvalue weighted by Crippen LogP contribution is -2.40. The molecule has 0 saturated carbocycles. The molecule has 5 heteroatoms. The van der Waals surface area contributed by atoms with Crippen molar-refractivity contribution < 1.29 is 19.0 Å². The Hall–Kier alpha value is -1.91. The average Bonchev–Trinajstić information content (AvgIpc) is 2.52. The molecular formula is C16H23NO4. The first kappa shape index (κ1) is 15.5. The third kappa shape index (κ3) is 3.80. The summed E-state index contributed by atoms with van der Waals surface area (Å²) in [6, 6.07) is 5.37. The normalized spacial score (nSPS) is 15.7. The Kier molecular flexibility index (Phi) is 5.31. The Morgan fingerprint density at radius 1 is 1.19 bits per heavy atom. The van der Waals surface area contributed by atoms with Crippen molar-refractivity contribution in [2.75, 3.05) is 33.9 Å². The van der Waals surface area contributed by atoms with Crippen LogP contribution >= 0.6 is 0 Å². The zero-order valence-corrected chi connectivity index (χ0v) is 12.9. The van der Waals surface area contributed by atoms with Gasteiger partial charge >= 0.3 is 0 Å². The predicted octanol–water partition coefficient (Wildman–Crippen LogP) is 2.34. The van der Waals surface area contributed by atoms with Gasteiger partial charge in [-0.3, -0.25) is 4.79 Å². The largest absolute Gasteiger partial charge is 0.493 e. The summed E-state index contributed by atoms with van der Waals surface area (Å²) in [5, 5.41) is 0. The summed E-state index contributed by atoms with van der Waals surface area (Å²) < 4.78 is 16.1. The minimum absolute atomic E-state index is 0.0202. The van der Waals surface area contributed by atoms with Crippen LogP contribution in [-0.2, 0) is 4.79 Å². The lowest BCUT2D eigenvalue weighted by atomic mass is 9.99. The number of nitrogens with zero attached hydrogens (tertiary/aromatic N) is 1. The number of carbonyl (C=O) groups is 1. The number of amides is 1. The quantitative estimate of drug-likeness (QED) is 0.836. The Morgan fingerprint density at radius 2 is 1.86 bits per heavy atom. The fourth-order valence-corrected chi connectivity index (χ4v) is 2.46. The number of likely N-dealkylation sites (tertiary alicyclic amines) is 1. The third-order valence-electron chi connectivity index (χ3n) is 3.85. The molecule has 1 saturated heterocycles. The number of hydrogen-bond acceptors (Lipinski definition) is 4. The molecule has 0 radical (unpaired) electrons. The van der Waals surface area contributed by atoms with Gasteiger partial charge in [0.25, 0.3) is 5.91 Å². The number of para-hydroxylation sites is 1. The molecule has 1 aromatic carbocycles.